The summed E-state index contributed by atoms with van der Waals surface area (Å²) in [5.74, 6) is -1.33. The Labute approximate surface area is 105 Å². The highest BCUT2D eigenvalue weighted by Crippen LogP contribution is 2.33. The van der Waals surface area contributed by atoms with E-state index >= 15 is 0 Å². The van der Waals surface area contributed by atoms with E-state index < -0.39 is 18.1 Å². The normalized spacial score (nSPS) is 25.6. The van der Waals surface area contributed by atoms with Gasteiger partial charge in [-0.15, -0.1) is 0 Å². The second-order valence-electron chi connectivity index (χ2n) is 4.96. The number of hydrogen-bond donors (Lipinski definition) is 2. The largest absolute Gasteiger partial charge is 0.480 e. The van der Waals surface area contributed by atoms with Crippen LogP contribution in [0, 0.1) is 5.92 Å². The summed E-state index contributed by atoms with van der Waals surface area (Å²) < 4.78 is 0. The van der Waals surface area contributed by atoms with E-state index in [1.807, 2.05) is 6.92 Å². The number of nitrogens with zero attached hydrogens (tertiary/aromatic N) is 1. The lowest BCUT2D eigenvalue weighted by molar-refractivity contribution is -0.140. The number of carboxylic acids is 1. The minimum absolute atomic E-state index is 0.0787. The number of rotatable bonds is 6. The van der Waals surface area contributed by atoms with Gasteiger partial charge in [-0.05, 0) is 25.2 Å². The highest BCUT2D eigenvalue weighted by atomic mass is 16.4. The Kier molecular flexibility index (Phi) is 3.65. The van der Waals surface area contributed by atoms with Crippen LogP contribution >= 0.6 is 0 Å². The van der Waals surface area contributed by atoms with Crippen molar-refractivity contribution in [3.63, 3.8) is 0 Å². The zero-order chi connectivity index (χ0) is 13.3. The van der Waals surface area contributed by atoms with Gasteiger partial charge in [0.05, 0.1) is 12.5 Å². The molecule has 2 unspecified atom stereocenters. The fourth-order valence-corrected chi connectivity index (χ4v) is 2.33. The van der Waals surface area contributed by atoms with Gasteiger partial charge in [0.15, 0.2) is 0 Å². The van der Waals surface area contributed by atoms with Gasteiger partial charge in [0.25, 0.3) is 0 Å². The van der Waals surface area contributed by atoms with E-state index in [1.165, 1.54) is 4.90 Å². The summed E-state index contributed by atoms with van der Waals surface area (Å²) in [6.07, 6.45) is 2.54. The second-order valence-corrected chi connectivity index (χ2v) is 4.96. The maximum absolute atomic E-state index is 12.0. The van der Waals surface area contributed by atoms with Gasteiger partial charge < -0.3 is 5.11 Å². The number of carbonyl (C=O) groups is 3. The standard InChI is InChI=1S/C12H18N2O4/c1-2-5-14-9(15)6-8(11(14)16)13-10(12(17)18)7-3-4-7/h7-8,10,13H,2-6H2,1H3,(H,17,18). The number of likely N-dealkylation sites (tertiary alicyclic amines) is 1. The van der Waals surface area contributed by atoms with E-state index in [4.69, 9.17) is 5.11 Å². The van der Waals surface area contributed by atoms with Crippen molar-refractivity contribution in [2.75, 3.05) is 6.54 Å². The van der Waals surface area contributed by atoms with Gasteiger partial charge >= 0.3 is 5.97 Å². The van der Waals surface area contributed by atoms with Gasteiger partial charge in [0.2, 0.25) is 11.8 Å². The first-order valence-corrected chi connectivity index (χ1v) is 6.37. The molecule has 100 valence electrons. The molecule has 18 heavy (non-hydrogen) atoms. The third-order valence-corrected chi connectivity index (χ3v) is 3.43. The zero-order valence-electron chi connectivity index (χ0n) is 10.4. The number of amides is 2. The van der Waals surface area contributed by atoms with Crippen molar-refractivity contribution in [3.8, 4) is 0 Å². The lowest BCUT2D eigenvalue weighted by Gasteiger charge is -2.18. The third kappa shape index (κ3) is 2.53. The average molecular weight is 254 g/mol. The van der Waals surface area contributed by atoms with Gasteiger partial charge in [-0.2, -0.15) is 0 Å². The third-order valence-electron chi connectivity index (χ3n) is 3.43. The van der Waals surface area contributed by atoms with Crippen LogP contribution in [-0.2, 0) is 14.4 Å². The van der Waals surface area contributed by atoms with Crippen molar-refractivity contribution in [2.24, 2.45) is 5.92 Å². The zero-order valence-corrected chi connectivity index (χ0v) is 10.4. The smallest absolute Gasteiger partial charge is 0.321 e. The minimum atomic E-state index is -0.938. The molecule has 2 atom stereocenters. The molecule has 2 amide bonds. The summed E-state index contributed by atoms with van der Waals surface area (Å²) in [6.45, 7) is 2.31. The Hall–Kier alpha value is -1.43. The van der Waals surface area contributed by atoms with Crippen LogP contribution in [0.4, 0.5) is 0 Å². The molecule has 0 spiro atoms. The van der Waals surface area contributed by atoms with E-state index in [1.54, 1.807) is 0 Å². The topological polar surface area (TPSA) is 86.7 Å². The molecule has 6 nitrogen and oxygen atoms in total. The average Bonchev–Trinajstić information content (AvgIpc) is 3.10. The molecule has 2 aliphatic rings. The molecule has 2 rings (SSSR count). The second kappa shape index (κ2) is 5.06. The van der Waals surface area contributed by atoms with Crippen LogP contribution in [0.3, 0.4) is 0 Å². The van der Waals surface area contributed by atoms with Crippen molar-refractivity contribution < 1.29 is 19.5 Å². The van der Waals surface area contributed by atoms with Crippen molar-refractivity contribution in [1.29, 1.82) is 0 Å². The molecule has 0 aromatic carbocycles. The number of nitrogens with one attached hydrogen (secondary N) is 1. The summed E-state index contributed by atoms with van der Waals surface area (Å²) in [5, 5.41) is 11.9. The first kappa shape index (κ1) is 13.0. The molecule has 0 aromatic rings. The van der Waals surface area contributed by atoms with Crippen LogP contribution in [0.15, 0.2) is 0 Å². The van der Waals surface area contributed by atoms with E-state index in [0.717, 1.165) is 19.3 Å². The van der Waals surface area contributed by atoms with Gasteiger partial charge in [-0.3, -0.25) is 24.6 Å². The Morgan fingerprint density at radius 1 is 1.50 bits per heavy atom. The number of hydrogen-bond acceptors (Lipinski definition) is 4. The molecule has 1 saturated carbocycles. The molecule has 1 aliphatic carbocycles. The molecule has 2 fully saturated rings. The molecule has 0 aromatic heterocycles. The van der Waals surface area contributed by atoms with Gasteiger partial charge in [-0.1, -0.05) is 6.92 Å². The van der Waals surface area contributed by atoms with Gasteiger partial charge in [-0.25, -0.2) is 0 Å². The quantitative estimate of drug-likeness (QED) is 0.650. The Bertz CT molecular complexity index is 378. The Morgan fingerprint density at radius 3 is 2.67 bits per heavy atom. The lowest BCUT2D eigenvalue weighted by Crippen LogP contribution is -2.48. The lowest BCUT2D eigenvalue weighted by atomic mass is 10.1. The SMILES string of the molecule is CCCN1C(=O)CC(NC(C(=O)O)C2CC2)C1=O. The summed E-state index contributed by atoms with van der Waals surface area (Å²) in [6, 6.07) is -1.36. The van der Waals surface area contributed by atoms with Crippen LogP contribution in [0.5, 0.6) is 0 Å². The first-order valence-electron chi connectivity index (χ1n) is 6.37. The fourth-order valence-electron chi connectivity index (χ4n) is 2.33. The molecule has 0 radical (unpaired) electrons. The Morgan fingerprint density at radius 2 is 2.17 bits per heavy atom. The van der Waals surface area contributed by atoms with E-state index in [-0.39, 0.29) is 24.2 Å². The van der Waals surface area contributed by atoms with Crippen LogP contribution in [-0.4, -0.2) is 46.4 Å². The van der Waals surface area contributed by atoms with Crippen LogP contribution in [0.25, 0.3) is 0 Å². The highest BCUT2D eigenvalue weighted by molar-refractivity contribution is 6.05. The molecular formula is C12H18N2O4. The van der Waals surface area contributed by atoms with Crippen LogP contribution in [0.2, 0.25) is 0 Å². The van der Waals surface area contributed by atoms with E-state index in [2.05, 4.69) is 5.32 Å². The molecule has 1 saturated heterocycles. The maximum Gasteiger partial charge on any atom is 0.321 e. The van der Waals surface area contributed by atoms with Crippen molar-refractivity contribution in [2.45, 2.75) is 44.7 Å². The monoisotopic (exact) mass is 254 g/mol. The van der Waals surface area contributed by atoms with Crippen molar-refractivity contribution >= 4 is 17.8 Å². The first-order chi connectivity index (χ1) is 8.54. The number of imide groups is 1. The number of carbonyl (C=O) groups excluding carboxylic acids is 2. The summed E-state index contributed by atoms with van der Waals surface area (Å²) in [5.41, 5.74) is 0. The maximum atomic E-state index is 12.0. The highest BCUT2D eigenvalue weighted by Gasteiger charge is 2.43. The molecule has 1 aliphatic heterocycles. The summed E-state index contributed by atoms with van der Waals surface area (Å²) in [4.78, 5) is 35.9. The predicted octanol–water partition coefficient (Wildman–Crippen LogP) is -0.0233. The van der Waals surface area contributed by atoms with Crippen LogP contribution in [0.1, 0.15) is 32.6 Å². The van der Waals surface area contributed by atoms with Crippen molar-refractivity contribution in [3.05, 3.63) is 0 Å². The van der Waals surface area contributed by atoms with E-state index in [0.29, 0.717) is 6.54 Å². The van der Waals surface area contributed by atoms with Gasteiger partial charge in [0, 0.05) is 6.54 Å². The number of aliphatic carboxylic acids is 1. The Balaban J connectivity index is 1.99. The fraction of sp³-hybridized carbons (Fsp3) is 0.750. The molecular weight excluding hydrogens is 236 g/mol. The predicted molar refractivity (Wildman–Crippen MR) is 62.7 cm³/mol. The molecule has 1 heterocycles. The number of carboxylic acid groups (broad SMARTS) is 1. The van der Waals surface area contributed by atoms with Crippen molar-refractivity contribution in [1.82, 2.24) is 10.2 Å². The summed E-state index contributed by atoms with van der Waals surface area (Å²) >= 11 is 0. The van der Waals surface area contributed by atoms with Gasteiger partial charge in [0.1, 0.15) is 6.04 Å². The molecule has 6 heteroatoms. The molecule has 0 bridgehead atoms. The molecule has 2 N–H and O–H groups in total. The minimum Gasteiger partial charge on any atom is -0.480 e. The van der Waals surface area contributed by atoms with Crippen LogP contribution < -0.4 is 5.32 Å². The summed E-state index contributed by atoms with van der Waals surface area (Å²) in [7, 11) is 0. The van der Waals surface area contributed by atoms with E-state index in [9.17, 15) is 14.4 Å².